The Morgan fingerprint density at radius 2 is 1.42 bits per heavy atom. The minimum Gasteiger partial charge on any atom is -0.294 e. The van der Waals surface area contributed by atoms with Crippen LogP contribution in [0.4, 0.5) is 0 Å². The van der Waals surface area contributed by atoms with Gasteiger partial charge in [0.25, 0.3) is 0 Å². The van der Waals surface area contributed by atoms with E-state index in [1.807, 2.05) is 13.8 Å². The molecule has 0 aromatic heterocycles. The third-order valence-electron chi connectivity index (χ3n) is 1.58. The number of nitrogens with zero attached hydrogens (tertiary/aromatic N) is 1. The van der Waals surface area contributed by atoms with Gasteiger partial charge in [-0.1, -0.05) is 33.4 Å². The Bertz CT molecular complexity index is 92.0. The predicted molar refractivity (Wildman–Crippen MR) is 59.7 cm³/mol. The lowest BCUT2D eigenvalue weighted by atomic mass is 10.3. The molecule has 71 valence electrons. The van der Waals surface area contributed by atoms with E-state index in [0.717, 1.165) is 13.1 Å². The van der Waals surface area contributed by atoms with Gasteiger partial charge in [0.2, 0.25) is 0 Å². The standard InChI is InChI=1S/C7H13N.C2H6.CH4.B/c1-7(2)8-5-3-4-6-8;1-2;;/h3-4,7H,5-6H2,1-2H3;1-2H3;1H4;. The number of hydrogen-bond acceptors (Lipinski definition) is 1. The van der Waals surface area contributed by atoms with E-state index in [2.05, 4.69) is 30.9 Å². The molecule has 1 rings (SSSR count). The Hall–Kier alpha value is -0.235. The van der Waals surface area contributed by atoms with Crippen LogP contribution in [0.2, 0.25) is 0 Å². The second-order valence-electron chi connectivity index (χ2n) is 2.52. The summed E-state index contributed by atoms with van der Waals surface area (Å²) in [6.45, 7) is 10.8. The van der Waals surface area contributed by atoms with Gasteiger partial charge in [-0.3, -0.25) is 4.90 Å². The zero-order valence-electron chi connectivity index (χ0n) is 8.17. The molecule has 0 unspecified atom stereocenters. The van der Waals surface area contributed by atoms with Crippen molar-refractivity contribution in [3.05, 3.63) is 12.2 Å². The lowest BCUT2D eigenvalue weighted by Crippen LogP contribution is -2.27. The molecule has 0 fully saturated rings. The minimum atomic E-state index is 0. The van der Waals surface area contributed by atoms with Crippen LogP contribution >= 0.6 is 0 Å². The first-order chi connectivity index (χ1) is 4.80. The maximum absolute atomic E-state index is 2.42. The van der Waals surface area contributed by atoms with E-state index in [4.69, 9.17) is 0 Å². The van der Waals surface area contributed by atoms with Crippen molar-refractivity contribution >= 4 is 8.41 Å². The SMILES string of the molecule is C.CC.CC(C)N1CC=CC1.[B]. The zero-order valence-corrected chi connectivity index (χ0v) is 8.17. The summed E-state index contributed by atoms with van der Waals surface area (Å²) in [7, 11) is 0. The third kappa shape index (κ3) is 6.47. The van der Waals surface area contributed by atoms with Crippen molar-refractivity contribution in [1.82, 2.24) is 4.90 Å². The molecule has 0 N–H and O–H groups in total. The van der Waals surface area contributed by atoms with Crippen LogP contribution in [-0.4, -0.2) is 32.4 Å². The molecule has 1 heterocycles. The fourth-order valence-electron chi connectivity index (χ4n) is 0.916. The quantitative estimate of drug-likeness (QED) is 0.429. The second-order valence-corrected chi connectivity index (χ2v) is 2.52. The smallest absolute Gasteiger partial charge is 0.0169 e. The number of hydrogen-bond donors (Lipinski definition) is 0. The van der Waals surface area contributed by atoms with Gasteiger partial charge in [0, 0.05) is 27.5 Å². The van der Waals surface area contributed by atoms with E-state index < -0.39 is 0 Å². The van der Waals surface area contributed by atoms with Gasteiger partial charge in [0.15, 0.2) is 0 Å². The van der Waals surface area contributed by atoms with E-state index in [1.54, 1.807) is 0 Å². The van der Waals surface area contributed by atoms with Crippen LogP contribution in [0.25, 0.3) is 0 Å². The molecule has 0 amide bonds. The van der Waals surface area contributed by atoms with Gasteiger partial charge in [-0.2, -0.15) is 0 Å². The molecule has 1 aliphatic rings. The van der Waals surface area contributed by atoms with Crippen molar-refractivity contribution < 1.29 is 0 Å². The van der Waals surface area contributed by atoms with Gasteiger partial charge in [-0.05, 0) is 13.8 Å². The molecule has 0 bridgehead atoms. The minimum absolute atomic E-state index is 0. The molecule has 0 aromatic carbocycles. The monoisotopic (exact) mass is 168 g/mol. The highest BCUT2D eigenvalue weighted by Crippen LogP contribution is 2.02. The summed E-state index contributed by atoms with van der Waals surface area (Å²) < 4.78 is 0. The fraction of sp³-hybridized carbons (Fsp3) is 0.800. The van der Waals surface area contributed by atoms with E-state index in [0.29, 0.717) is 6.04 Å². The van der Waals surface area contributed by atoms with Gasteiger partial charge >= 0.3 is 0 Å². The molecule has 0 saturated carbocycles. The highest BCUT2D eigenvalue weighted by molar-refractivity contribution is 5.75. The molecular formula is C10H23BN. The molecule has 0 aliphatic carbocycles. The molecule has 1 nitrogen and oxygen atoms in total. The average molecular weight is 168 g/mol. The van der Waals surface area contributed by atoms with E-state index >= 15 is 0 Å². The Morgan fingerprint density at radius 1 is 1.08 bits per heavy atom. The van der Waals surface area contributed by atoms with E-state index in [-0.39, 0.29) is 15.8 Å². The van der Waals surface area contributed by atoms with Crippen LogP contribution in [0.3, 0.4) is 0 Å². The molecule has 3 radical (unpaired) electrons. The molecule has 0 saturated heterocycles. The van der Waals surface area contributed by atoms with Crippen LogP contribution < -0.4 is 0 Å². The highest BCUT2D eigenvalue weighted by atomic mass is 15.1. The van der Waals surface area contributed by atoms with Crippen molar-refractivity contribution in [2.45, 2.75) is 41.2 Å². The lowest BCUT2D eigenvalue weighted by Gasteiger charge is -2.18. The van der Waals surface area contributed by atoms with Crippen molar-refractivity contribution in [3.8, 4) is 0 Å². The maximum Gasteiger partial charge on any atom is 0.0169 e. The Morgan fingerprint density at radius 3 is 1.58 bits per heavy atom. The van der Waals surface area contributed by atoms with Crippen molar-refractivity contribution in [2.75, 3.05) is 13.1 Å². The second kappa shape index (κ2) is 10.8. The van der Waals surface area contributed by atoms with E-state index in [1.165, 1.54) is 0 Å². The Kier molecular flexibility index (Phi) is 15.9. The van der Waals surface area contributed by atoms with E-state index in [9.17, 15) is 0 Å². The topological polar surface area (TPSA) is 3.24 Å². The lowest BCUT2D eigenvalue weighted by molar-refractivity contribution is 0.288. The summed E-state index contributed by atoms with van der Waals surface area (Å²) in [4.78, 5) is 2.42. The van der Waals surface area contributed by atoms with Crippen molar-refractivity contribution in [2.24, 2.45) is 0 Å². The maximum atomic E-state index is 2.42. The van der Waals surface area contributed by atoms with Crippen LogP contribution in [0.1, 0.15) is 35.1 Å². The van der Waals surface area contributed by atoms with Crippen molar-refractivity contribution in [1.29, 1.82) is 0 Å². The summed E-state index contributed by atoms with van der Waals surface area (Å²) >= 11 is 0. The van der Waals surface area contributed by atoms with Gasteiger partial charge in [0.1, 0.15) is 0 Å². The summed E-state index contributed by atoms with van der Waals surface area (Å²) in [5, 5.41) is 0. The first-order valence-electron chi connectivity index (χ1n) is 4.20. The Labute approximate surface area is 80.4 Å². The molecule has 0 atom stereocenters. The Balaban J connectivity index is -0.000000189. The average Bonchev–Trinajstić information content (AvgIpc) is 2.42. The molecule has 0 aromatic rings. The zero-order chi connectivity index (χ0) is 7.98. The van der Waals surface area contributed by atoms with Crippen LogP contribution in [-0.2, 0) is 0 Å². The fourth-order valence-corrected chi connectivity index (χ4v) is 0.916. The van der Waals surface area contributed by atoms with Gasteiger partial charge < -0.3 is 0 Å². The van der Waals surface area contributed by atoms with Crippen LogP contribution in [0.5, 0.6) is 0 Å². The third-order valence-corrected chi connectivity index (χ3v) is 1.58. The molecule has 2 heteroatoms. The summed E-state index contributed by atoms with van der Waals surface area (Å²) in [6.07, 6.45) is 4.44. The van der Waals surface area contributed by atoms with Gasteiger partial charge in [0.05, 0.1) is 0 Å². The first kappa shape index (κ1) is 17.7. The van der Waals surface area contributed by atoms with Crippen LogP contribution in [0.15, 0.2) is 12.2 Å². The van der Waals surface area contributed by atoms with Crippen molar-refractivity contribution in [3.63, 3.8) is 0 Å². The van der Waals surface area contributed by atoms with Gasteiger partial charge in [-0.15, -0.1) is 0 Å². The molecule has 12 heavy (non-hydrogen) atoms. The molecule has 0 spiro atoms. The van der Waals surface area contributed by atoms with Crippen LogP contribution in [0, 0.1) is 0 Å². The normalized spacial score (nSPS) is 14.4. The summed E-state index contributed by atoms with van der Waals surface area (Å²) in [5.74, 6) is 0. The molecular weight excluding hydrogens is 145 g/mol. The summed E-state index contributed by atoms with van der Waals surface area (Å²) in [6, 6.07) is 0.713. The number of rotatable bonds is 1. The highest BCUT2D eigenvalue weighted by Gasteiger charge is 2.07. The predicted octanol–water partition coefficient (Wildman–Crippen LogP) is 2.55. The summed E-state index contributed by atoms with van der Waals surface area (Å²) in [5.41, 5.74) is 0. The largest absolute Gasteiger partial charge is 0.294 e. The van der Waals surface area contributed by atoms with Gasteiger partial charge in [-0.25, -0.2) is 0 Å². The first-order valence-corrected chi connectivity index (χ1v) is 4.20. The molecule has 1 aliphatic heterocycles.